The van der Waals surface area contributed by atoms with E-state index in [4.69, 9.17) is 5.73 Å². The molecule has 2 amide bonds. The second-order valence-corrected chi connectivity index (χ2v) is 8.23. The summed E-state index contributed by atoms with van der Waals surface area (Å²) in [7, 11) is 0. The number of fused-ring (bicyclic) bond motifs is 1. The number of hydrogen-bond donors (Lipinski definition) is 1. The van der Waals surface area contributed by atoms with Gasteiger partial charge < -0.3 is 15.5 Å². The Hall–Kier alpha value is -1.95. The van der Waals surface area contributed by atoms with Crippen molar-refractivity contribution >= 4 is 11.8 Å². The van der Waals surface area contributed by atoms with E-state index in [1.54, 1.807) is 0 Å². The minimum atomic E-state index is -0.750. The molecule has 1 aromatic carbocycles. The van der Waals surface area contributed by atoms with Crippen LogP contribution in [0.3, 0.4) is 0 Å². The van der Waals surface area contributed by atoms with Gasteiger partial charge >= 0.3 is 0 Å². The van der Waals surface area contributed by atoms with Crippen LogP contribution in [0.4, 0.5) is 4.39 Å². The van der Waals surface area contributed by atoms with Gasteiger partial charge in [0.25, 0.3) is 5.91 Å². The second kappa shape index (κ2) is 7.23. The summed E-state index contributed by atoms with van der Waals surface area (Å²) in [6.07, 6.45) is 8.42. The lowest BCUT2D eigenvalue weighted by Crippen LogP contribution is -2.49. The van der Waals surface area contributed by atoms with E-state index in [1.165, 1.54) is 38.2 Å². The van der Waals surface area contributed by atoms with Crippen molar-refractivity contribution < 1.29 is 14.0 Å². The van der Waals surface area contributed by atoms with Gasteiger partial charge in [-0.25, -0.2) is 4.39 Å². The third kappa shape index (κ3) is 3.24. The summed E-state index contributed by atoms with van der Waals surface area (Å²) in [5.41, 5.74) is 6.29. The smallest absolute Gasteiger partial charge is 0.255 e. The van der Waals surface area contributed by atoms with Gasteiger partial charge in [-0.1, -0.05) is 19.3 Å². The maximum atomic E-state index is 14.0. The van der Waals surface area contributed by atoms with Crippen molar-refractivity contribution in [2.45, 2.75) is 70.0 Å². The molecule has 27 heavy (non-hydrogen) atoms. The van der Waals surface area contributed by atoms with Crippen LogP contribution in [0.15, 0.2) is 12.1 Å². The van der Waals surface area contributed by atoms with Gasteiger partial charge in [-0.05, 0) is 50.3 Å². The maximum absolute atomic E-state index is 14.0. The molecule has 3 aliphatic rings. The molecule has 5 nitrogen and oxygen atoms in total. The van der Waals surface area contributed by atoms with E-state index in [0.717, 1.165) is 32.0 Å². The van der Waals surface area contributed by atoms with Crippen LogP contribution >= 0.6 is 0 Å². The number of amides is 2. The average molecular weight is 373 g/mol. The highest BCUT2D eigenvalue weighted by molar-refractivity contribution is 6.09. The van der Waals surface area contributed by atoms with Gasteiger partial charge in [0.2, 0.25) is 5.91 Å². The van der Waals surface area contributed by atoms with E-state index in [0.29, 0.717) is 17.2 Å². The number of rotatable bonds is 3. The van der Waals surface area contributed by atoms with Crippen LogP contribution < -0.4 is 5.73 Å². The van der Waals surface area contributed by atoms with Crippen LogP contribution in [0.2, 0.25) is 0 Å². The summed E-state index contributed by atoms with van der Waals surface area (Å²) in [6, 6.07) is 3.05. The predicted octanol–water partition coefficient (Wildman–Crippen LogP) is 3.24. The first-order chi connectivity index (χ1) is 13.0. The highest BCUT2D eigenvalue weighted by Crippen LogP contribution is 2.39. The zero-order valence-electron chi connectivity index (χ0n) is 15.9. The summed E-state index contributed by atoms with van der Waals surface area (Å²) in [6.45, 7) is 3.92. The molecule has 0 spiro atoms. The lowest BCUT2D eigenvalue weighted by Gasteiger charge is -2.42. The Labute approximate surface area is 159 Å². The van der Waals surface area contributed by atoms with E-state index in [1.807, 2.05) is 11.8 Å². The first-order valence-corrected chi connectivity index (χ1v) is 10.2. The van der Waals surface area contributed by atoms with E-state index < -0.39 is 11.7 Å². The Kier molecular flexibility index (Phi) is 4.93. The maximum Gasteiger partial charge on any atom is 0.255 e. The van der Waals surface area contributed by atoms with Crippen LogP contribution in [-0.4, -0.2) is 46.8 Å². The topological polar surface area (TPSA) is 66.6 Å². The number of primary amides is 1. The largest absolute Gasteiger partial charge is 0.366 e. The fraction of sp³-hybridized carbons (Fsp3) is 0.619. The number of nitrogens with two attached hydrogens (primary N) is 1. The lowest BCUT2D eigenvalue weighted by atomic mass is 9.91. The lowest BCUT2D eigenvalue weighted by molar-refractivity contribution is 0.0427. The number of piperidine rings is 1. The molecule has 0 aromatic heterocycles. The van der Waals surface area contributed by atoms with E-state index in [-0.39, 0.29) is 23.6 Å². The van der Waals surface area contributed by atoms with Gasteiger partial charge in [-0.2, -0.15) is 0 Å². The quantitative estimate of drug-likeness (QED) is 0.884. The molecule has 1 saturated carbocycles. The van der Waals surface area contributed by atoms with Gasteiger partial charge in [0.1, 0.15) is 5.82 Å². The molecular weight excluding hydrogens is 345 g/mol. The number of halogens is 1. The number of benzene rings is 1. The average Bonchev–Trinajstić information content (AvgIpc) is 2.92. The number of nitrogens with zero attached hydrogens (tertiary/aromatic N) is 2. The molecule has 1 saturated heterocycles. The van der Waals surface area contributed by atoms with Crippen LogP contribution in [0.5, 0.6) is 0 Å². The molecule has 2 N–H and O–H groups in total. The minimum absolute atomic E-state index is 0.00370. The molecule has 0 radical (unpaired) electrons. The molecule has 2 aliphatic heterocycles. The number of carbonyl (C=O) groups is 2. The zero-order chi connectivity index (χ0) is 19.1. The predicted molar refractivity (Wildman–Crippen MR) is 101 cm³/mol. The molecule has 146 valence electrons. The van der Waals surface area contributed by atoms with E-state index in [9.17, 15) is 14.0 Å². The van der Waals surface area contributed by atoms with Crippen LogP contribution in [0.1, 0.15) is 84.2 Å². The van der Waals surface area contributed by atoms with Crippen molar-refractivity contribution in [2.24, 2.45) is 5.73 Å². The number of hydrogen-bond acceptors (Lipinski definition) is 3. The van der Waals surface area contributed by atoms with Crippen molar-refractivity contribution in [3.8, 4) is 0 Å². The zero-order valence-corrected chi connectivity index (χ0v) is 15.9. The molecule has 1 aromatic rings. The van der Waals surface area contributed by atoms with Gasteiger partial charge in [-0.3, -0.25) is 9.59 Å². The molecule has 2 heterocycles. The Morgan fingerprint density at radius 1 is 1.07 bits per heavy atom. The fourth-order valence-electron chi connectivity index (χ4n) is 5.30. The summed E-state index contributed by atoms with van der Waals surface area (Å²) in [5, 5.41) is 0. The van der Waals surface area contributed by atoms with Crippen molar-refractivity contribution in [3.63, 3.8) is 0 Å². The third-order valence-electron chi connectivity index (χ3n) is 6.70. The Morgan fingerprint density at radius 2 is 1.74 bits per heavy atom. The van der Waals surface area contributed by atoms with E-state index >= 15 is 0 Å². The summed E-state index contributed by atoms with van der Waals surface area (Å²) in [5.74, 6) is -1.45. The molecule has 0 bridgehead atoms. The van der Waals surface area contributed by atoms with E-state index in [2.05, 4.69) is 4.90 Å². The summed E-state index contributed by atoms with van der Waals surface area (Å²) >= 11 is 0. The van der Waals surface area contributed by atoms with Gasteiger partial charge in [0, 0.05) is 25.2 Å². The number of likely N-dealkylation sites (tertiary alicyclic amines) is 1. The SMILES string of the molecule is C[C@H]1c2cc(F)cc(C(N)=O)c2C(=O)N1C1CCN(C2CCCCC2)CC1. The number of carbonyl (C=O) groups excluding carboxylic acids is 2. The second-order valence-electron chi connectivity index (χ2n) is 8.23. The minimum Gasteiger partial charge on any atom is -0.366 e. The highest BCUT2D eigenvalue weighted by atomic mass is 19.1. The van der Waals surface area contributed by atoms with Gasteiger partial charge in [-0.15, -0.1) is 0 Å². The van der Waals surface area contributed by atoms with Crippen LogP contribution in [0, 0.1) is 5.82 Å². The molecule has 6 heteroatoms. The van der Waals surface area contributed by atoms with Crippen molar-refractivity contribution in [1.29, 1.82) is 0 Å². The van der Waals surface area contributed by atoms with Gasteiger partial charge in [0.15, 0.2) is 0 Å². The first-order valence-electron chi connectivity index (χ1n) is 10.2. The van der Waals surface area contributed by atoms with Crippen molar-refractivity contribution in [2.75, 3.05) is 13.1 Å². The van der Waals surface area contributed by atoms with Crippen molar-refractivity contribution in [1.82, 2.24) is 9.80 Å². The molecular formula is C21H28FN3O2. The molecule has 2 fully saturated rings. The highest BCUT2D eigenvalue weighted by Gasteiger charge is 2.42. The van der Waals surface area contributed by atoms with Crippen LogP contribution in [0.25, 0.3) is 0 Å². The Bertz CT molecular complexity index is 752. The van der Waals surface area contributed by atoms with Gasteiger partial charge in [0.05, 0.1) is 17.2 Å². The molecule has 1 atom stereocenters. The Morgan fingerprint density at radius 3 is 2.37 bits per heavy atom. The summed E-state index contributed by atoms with van der Waals surface area (Å²) < 4.78 is 14.0. The Balaban J connectivity index is 1.51. The monoisotopic (exact) mass is 373 g/mol. The fourth-order valence-corrected chi connectivity index (χ4v) is 5.30. The molecule has 0 unspecified atom stereocenters. The normalized spacial score (nSPS) is 25.0. The molecule has 1 aliphatic carbocycles. The van der Waals surface area contributed by atoms with Crippen molar-refractivity contribution in [3.05, 3.63) is 34.6 Å². The summed E-state index contributed by atoms with van der Waals surface area (Å²) in [4.78, 5) is 29.3. The van der Waals surface area contributed by atoms with Crippen LogP contribution in [-0.2, 0) is 0 Å². The molecule has 4 rings (SSSR count). The third-order valence-corrected chi connectivity index (χ3v) is 6.70. The first kappa shape index (κ1) is 18.4. The standard InChI is InChI=1S/C21H28FN3O2/c1-13-17-11-14(22)12-18(20(23)26)19(17)21(27)25(13)16-7-9-24(10-8-16)15-5-3-2-4-6-15/h11-13,15-16H,2-10H2,1H3,(H2,23,26)/t13-/m0/s1.